The lowest BCUT2D eigenvalue weighted by atomic mass is 9.88. The summed E-state index contributed by atoms with van der Waals surface area (Å²) in [5.41, 5.74) is 3.74. The zero-order valence-corrected chi connectivity index (χ0v) is 17.9. The van der Waals surface area contributed by atoms with Crippen molar-refractivity contribution in [2.45, 2.75) is 51.6 Å². The van der Waals surface area contributed by atoms with E-state index >= 15 is 0 Å². The van der Waals surface area contributed by atoms with Crippen LogP contribution < -0.4 is 20.1 Å². The zero-order chi connectivity index (χ0) is 20.9. The molecule has 1 amide bonds. The molecule has 2 aromatic rings. The summed E-state index contributed by atoms with van der Waals surface area (Å²) in [5.74, 6) is 1.96. The number of amides is 1. The van der Waals surface area contributed by atoms with E-state index < -0.39 is 0 Å². The topological polar surface area (TPSA) is 59.6 Å². The maximum atomic E-state index is 12.7. The first-order valence-electron chi connectivity index (χ1n) is 11.1. The van der Waals surface area contributed by atoms with E-state index in [-0.39, 0.29) is 24.5 Å². The Labute approximate surface area is 179 Å². The maximum absolute atomic E-state index is 12.7. The summed E-state index contributed by atoms with van der Waals surface area (Å²) in [6.45, 7) is 5.96. The van der Waals surface area contributed by atoms with Crippen LogP contribution in [0.1, 0.15) is 61.9 Å². The molecule has 0 radical (unpaired) electrons. The van der Waals surface area contributed by atoms with Gasteiger partial charge in [0.25, 0.3) is 0 Å². The lowest BCUT2D eigenvalue weighted by Gasteiger charge is -2.27. The van der Waals surface area contributed by atoms with Crippen molar-refractivity contribution in [3.05, 3.63) is 59.2 Å². The Morgan fingerprint density at radius 1 is 1.07 bits per heavy atom. The molecule has 0 fully saturated rings. The van der Waals surface area contributed by atoms with Crippen LogP contribution in [0, 0.1) is 5.92 Å². The first-order chi connectivity index (χ1) is 14.6. The quantitative estimate of drug-likeness (QED) is 0.747. The van der Waals surface area contributed by atoms with Gasteiger partial charge < -0.3 is 20.1 Å². The molecule has 0 aromatic heterocycles. The first-order valence-corrected chi connectivity index (χ1v) is 11.1. The highest BCUT2D eigenvalue weighted by Crippen LogP contribution is 2.34. The Hall–Kier alpha value is -2.53. The van der Waals surface area contributed by atoms with Gasteiger partial charge in [-0.05, 0) is 54.0 Å². The van der Waals surface area contributed by atoms with Crippen LogP contribution in [0.25, 0.3) is 0 Å². The molecule has 2 atom stereocenters. The van der Waals surface area contributed by atoms with Gasteiger partial charge in [0.1, 0.15) is 0 Å². The zero-order valence-electron chi connectivity index (χ0n) is 17.9. The average Bonchev–Trinajstić information content (AvgIpc) is 2.99. The molecule has 1 heterocycles. The number of benzene rings is 2. The van der Waals surface area contributed by atoms with E-state index in [1.165, 1.54) is 11.1 Å². The highest BCUT2D eigenvalue weighted by atomic mass is 16.5. The number of carbonyl (C=O) groups is 1. The van der Waals surface area contributed by atoms with Gasteiger partial charge in [0, 0.05) is 12.5 Å². The van der Waals surface area contributed by atoms with Gasteiger partial charge in [-0.3, -0.25) is 4.79 Å². The summed E-state index contributed by atoms with van der Waals surface area (Å²) < 4.78 is 11.6. The van der Waals surface area contributed by atoms with Crippen molar-refractivity contribution >= 4 is 5.91 Å². The molecule has 1 aliphatic heterocycles. The highest BCUT2D eigenvalue weighted by molar-refractivity contribution is 5.78. The molecule has 0 bridgehead atoms. The van der Waals surface area contributed by atoms with Crippen LogP contribution in [0.2, 0.25) is 0 Å². The van der Waals surface area contributed by atoms with Crippen LogP contribution in [0.3, 0.4) is 0 Å². The molecule has 1 aliphatic carbocycles. The van der Waals surface area contributed by atoms with Gasteiger partial charge in [-0.2, -0.15) is 0 Å². The van der Waals surface area contributed by atoms with E-state index in [0.717, 1.165) is 42.7 Å². The third kappa shape index (κ3) is 4.78. The minimum atomic E-state index is 0.0386. The van der Waals surface area contributed by atoms with Crippen LogP contribution in [-0.4, -0.2) is 25.7 Å². The molecule has 2 aliphatic rings. The fourth-order valence-corrected chi connectivity index (χ4v) is 4.46. The third-order valence-corrected chi connectivity index (χ3v) is 5.98. The second kappa shape index (κ2) is 9.52. The predicted molar refractivity (Wildman–Crippen MR) is 118 cm³/mol. The number of rotatable bonds is 6. The molecule has 0 spiro atoms. The van der Waals surface area contributed by atoms with Crippen LogP contribution >= 0.6 is 0 Å². The van der Waals surface area contributed by atoms with Crippen molar-refractivity contribution in [2.24, 2.45) is 5.92 Å². The number of aryl methyl sites for hydroxylation is 1. The van der Waals surface area contributed by atoms with Crippen molar-refractivity contribution < 1.29 is 14.3 Å². The van der Waals surface area contributed by atoms with Crippen molar-refractivity contribution in [3.8, 4) is 11.5 Å². The smallest absolute Gasteiger partial charge is 0.234 e. The van der Waals surface area contributed by atoms with Crippen LogP contribution in [-0.2, 0) is 11.2 Å². The van der Waals surface area contributed by atoms with Gasteiger partial charge in [0.2, 0.25) is 5.91 Å². The Morgan fingerprint density at radius 2 is 1.87 bits per heavy atom. The number of carbonyl (C=O) groups excluding carboxylic acids is 1. The van der Waals surface area contributed by atoms with Crippen LogP contribution in [0.4, 0.5) is 0 Å². The van der Waals surface area contributed by atoms with E-state index in [1.807, 2.05) is 12.1 Å². The monoisotopic (exact) mass is 408 g/mol. The SMILES string of the molecule is CC(C)[C@H](NCC(=O)N[C@@H]1CCCc2ccccc21)c1ccc2c(c1)OCCCO2. The van der Waals surface area contributed by atoms with Gasteiger partial charge >= 0.3 is 0 Å². The van der Waals surface area contributed by atoms with E-state index in [1.54, 1.807) is 0 Å². The number of nitrogens with one attached hydrogen (secondary N) is 2. The fourth-order valence-electron chi connectivity index (χ4n) is 4.46. The highest BCUT2D eigenvalue weighted by Gasteiger charge is 2.23. The summed E-state index contributed by atoms with van der Waals surface area (Å²) in [5, 5.41) is 6.70. The number of fused-ring (bicyclic) bond motifs is 2. The van der Waals surface area contributed by atoms with E-state index in [4.69, 9.17) is 9.47 Å². The van der Waals surface area contributed by atoms with Crippen LogP contribution in [0.15, 0.2) is 42.5 Å². The summed E-state index contributed by atoms with van der Waals surface area (Å²) in [4.78, 5) is 12.7. The molecule has 2 N–H and O–H groups in total. The summed E-state index contributed by atoms with van der Waals surface area (Å²) in [7, 11) is 0. The number of hydrogen-bond acceptors (Lipinski definition) is 4. The number of hydrogen-bond donors (Lipinski definition) is 2. The number of ether oxygens (including phenoxy) is 2. The predicted octanol–water partition coefficient (Wildman–Crippen LogP) is 4.33. The molecular formula is C25H32N2O3. The summed E-state index contributed by atoms with van der Waals surface area (Å²) >= 11 is 0. The van der Waals surface area contributed by atoms with Crippen molar-refractivity contribution in [3.63, 3.8) is 0 Å². The Bertz CT molecular complexity index is 880. The summed E-state index contributed by atoms with van der Waals surface area (Å²) in [6.07, 6.45) is 4.10. The molecular weight excluding hydrogens is 376 g/mol. The lowest BCUT2D eigenvalue weighted by molar-refractivity contribution is -0.121. The standard InChI is InChI=1S/C25H32N2O3/c1-17(2)25(19-11-12-22-23(15-19)30-14-6-13-29-22)26-16-24(28)27-21-10-5-8-18-7-3-4-9-20(18)21/h3-4,7,9,11-12,15,17,21,25-26H,5-6,8,10,13-14,16H2,1-2H3,(H,27,28)/t21-,25+/m1/s1. The van der Waals surface area contributed by atoms with Gasteiger partial charge in [0.05, 0.1) is 25.8 Å². The van der Waals surface area contributed by atoms with Gasteiger partial charge in [-0.1, -0.05) is 44.2 Å². The second-order valence-corrected chi connectivity index (χ2v) is 8.57. The molecule has 0 saturated heterocycles. The van der Waals surface area contributed by atoms with Gasteiger partial charge in [-0.15, -0.1) is 0 Å². The second-order valence-electron chi connectivity index (χ2n) is 8.57. The van der Waals surface area contributed by atoms with Crippen LogP contribution in [0.5, 0.6) is 11.5 Å². The van der Waals surface area contributed by atoms with Crippen molar-refractivity contribution in [2.75, 3.05) is 19.8 Å². The molecule has 0 unspecified atom stereocenters. The first kappa shape index (κ1) is 20.7. The molecule has 160 valence electrons. The Morgan fingerprint density at radius 3 is 2.70 bits per heavy atom. The Balaban J connectivity index is 1.40. The minimum absolute atomic E-state index is 0.0386. The van der Waals surface area contributed by atoms with Gasteiger partial charge in [0.15, 0.2) is 11.5 Å². The van der Waals surface area contributed by atoms with Crippen molar-refractivity contribution in [1.29, 1.82) is 0 Å². The molecule has 5 heteroatoms. The van der Waals surface area contributed by atoms with E-state index in [0.29, 0.717) is 19.1 Å². The van der Waals surface area contributed by atoms with Gasteiger partial charge in [-0.25, -0.2) is 0 Å². The molecule has 2 aromatic carbocycles. The van der Waals surface area contributed by atoms with E-state index in [2.05, 4.69) is 54.8 Å². The maximum Gasteiger partial charge on any atom is 0.234 e. The average molecular weight is 409 g/mol. The minimum Gasteiger partial charge on any atom is -0.490 e. The molecule has 30 heavy (non-hydrogen) atoms. The van der Waals surface area contributed by atoms with E-state index in [9.17, 15) is 4.79 Å². The largest absolute Gasteiger partial charge is 0.490 e. The lowest BCUT2D eigenvalue weighted by Crippen LogP contribution is -2.39. The third-order valence-electron chi connectivity index (χ3n) is 5.98. The molecule has 4 rings (SSSR count). The molecule has 5 nitrogen and oxygen atoms in total. The Kier molecular flexibility index (Phi) is 6.58. The van der Waals surface area contributed by atoms with Crippen molar-refractivity contribution in [1.82, 2.24) is 10.6 Å². The summed E-state index contributed by atoms with van der Waals surface area (Å²) in [6, 6.07) is 14.7. The normalized spacial score (nSPS) is 19.0. The fraction of sp³-hybridized carbons (Fsp3) is 0.480. The molecule has 0 saturated carbocycles.